The van der Waals surface area contributed by atoms with Gasteiger partial charge in [-0.1, -0.05) is 30.7 Å². The average Bonchev–Trinajstić information content (AvgIpc) is 2.77. The van der Waals surface area contributed by atoms with E-state index in [0.29, 0.717) is 24.3 Å². The zero-order valence-corrected chi connectivity index (χ0v) is 17.0. The molecule has 0 spiro atoms. The highest BCUT2D eigenvalue weighted by Crippen LogP contribution is 2.40. The van der Waals surface area contributed by atoms with Crippen molar-refractivity contribution >= 4 is 5.91 Å². The summed E-state index contributed by atoms with van der Waals surface area (Å²) < 4.78 is 49.9. The molecule has 2 unspecified atom stereocenters. The van der Waals surface area contributed by atoms with Gasteiger partial charge in [0.15, 0.2) is 0 Å². The second kappa shape index (κ2) is 9.41. The number of carbonyl (C=O) groups is 1. The van der Waals surface area contributed by atoms with Crippen LogP contribution in [-0.4, -0.2) is 26.3 Å². The monoisotopic (exact) mass is 421 g/mol. The topological polar surface area (TPSA) is 47.6 Å². The minimum absolute atomic E-state index is 0.0909. The maximum atomic E-state index is 13.2. The lowest BCUT2D eigenvalue weighted by Gasteiger charge is -2.31. The van der Waals surface area contributed by atoms with Crippen LogP contribution in [0.3, 0.4) is 0 Å². The summed E-state index contributed by atoms with van der Waals surface area (Å²) in [6.45, 7) is 0. The lowest BCUT2D eigenvalue weighted by molar-refractivity contribution is -0.186. The van der Waals surface area contributed by atoms with Crippen LogP contribution in [0.1, 0.15) is 42.9 Å². The van der Waals surface area contributed by atoms with Crippen LogP contribution in [0.15, 0.2) is 48.5 Å². The molecular weight excluding hydrogens is 395 g/mol. The van der Waals surface area contributed by atoms with Crippen molar-refractivity contribution in [3.8, 4) is 11.5 Å². The number of ether oxygens (including phenoxy) is 2. The van der Waals surface area contributed by atoms with E-state index >= 15 is 0 Å². The van der Waals surface area contributed by atoms with Crippen molar-refractivity contribution in [3.63, 3.8) is 0 Å². The number of nitrogens with one attached hydrogen (secondary N) is 1. The molecule has 1 fully saturated rings. The molecule has 1 saturated carbocycles. The quantitative estimate of drug-likeness (QED) is 0.691. The summed E-state index contributed by atoms with van der Waals surface area (Å²) in [6, 6.07) is 14.0. The summed E-state index contributed by atoms with van der Waals surface area (Å²) in [4.78, 5) is 12.9. The van der Waals surface area contributed by atoms with Crippen LogP contribution in [0.4, 0.5) is 13.2 Å². The Morgan fingerprint density at radius 2 is 1.43 bits per heavy atom. The minimum atomic E-state index is -4.26. The molecule has 1 aliphatic rings. The minimum Gasteiger partial charge on any atom is -0.497 e. The smallest absolute Gasteiger partial charge is 0.391 e. The Hall–Kier alpha value is -2.70. The molecule has 4 nitrogen and oxygen atoms in total. The molecule has 0 heterocycles. The lowest BCUT2D eigenvalue weighted by Crippen LogP contribution is -2.39. The first kappa shape index (κ1) is 22.0. The third-order valence-corrected chi connectivity index (χ3v) is 5.69. The highest BCUT2D eigenvalue weighted by atomic mass is 19.4. The van der Waals surface area contributed by atoms with E-state index in [0.717, 1.165) is 11.1 Å². The zero-order chi connectivity index (χ0) is 21.7. The average molecular weight is 421 g/mol. The molecule has 1 N–H and O–H groups in total. The van der Waals surface area contributed by atoms with Crippen LogP contribution in [0, 0.1) is 11.8 Å². The molecule has 0 aromatic heterocycles. The van der Waals surface area contributed by atoms with Crippen LogP contribution < -0.4 is 14.8 Å². The summed E-state index contributed by atoms with van der Waals surface area (Å²) in [5.74, 6) is -1.05. The van der Waals surface area contributed by atoms with E-state index in [4.69, 9.17) is 9.47 Å². The van der Waals surface area contributed by atoms with Crippen molar-refractivity contribution in [3.05, 3.63) is 59.7 Å². The molecule has 7 heteroatoms. The molecule has 0 aliphatic heterocycles. The van der Waals surface area contributed by atoms with E-state index in [1.807, 2.05) is 24.3 Å². The Balaban J connectivity index is 1.83. The first-order chi connectivity index (χ1) is 14.3. The molecule has 0 saturated heterocycles. The number of methoxy groups -OCH3 is 2. The fourth-order valence-corrected chi connectivity index (χ4v) is 3.94. The second-order valence-corrected chi connectivity index (χ2v) is 7.59. The van der Waals surface area contributed by atoms with E-state index < -0.39 is 24.1 Å². The molecular formula is C23H26F3NO3. The number of alkyl halides is 3. The maximum absolute atomic E-state index is 13.2. The second-order valence-electron chi connectivity index (χ2n) is 7.59. The SMILES string of the molecule is COc1ccc(C(NC(=O)C2CCCC(C(F)(F)F)C2)c2ccc(OC)cc2)cc1. The molecule has 2 aromatic rings. The van der Waals surface area contributed by atoms with Crippen molar-refractivity contribution in [1.82, 2.24) is 5.32 Å². The van der Waals surface area contributed by atoms with Crippen LogP contribution in [0.2, 0.25) is 0 Å². The summed E-state index contributed by atoms with van der Waals surface area (Å²) in [5, 5.41) is 2.98. The normalized spacial score (nSPS) is 19.4. The van der Waals surface area contributed by atoms with Crippen LogP contribution in [0.5, 0.6) is 11.5 Å². The van der Waals surface area contributed by atoms with Crippen molar-refractivity contribution in [2.24, 2.45) is 11.8 Å². The number of halogens is 3. The molecule has 1 aliphatic carbocycles. The van der Waals surface area contributed by atoms with Crippen molar-refractivity contribution < 1.29 is 27.4 Å². The Labute approximate surface area is 174 Å². The first-order valence-corrected chi connectivity index (χ1v) is 9.96. The van der Waals surface area contributed by atoms with Gasteiger partial charge in [-0.25, -0.2) is 0 Å². The Morgan fingerprint density at radius 3 is 1.87 bits per heavy atom. The lowest BCUT2D eigenvalue weighted by atomic mass is 9.80. The molecule has 2 aromatic carbocycles. The van der Waals surface area contributed by atoms with Gasteiger partial charge in [0, 0.05) is 5.92 Å². The number of rotatable bonds is 6. The first-order valence-electron chi connectivity index (χ1n) is 9.96. The number of hydrogen-bond acceptors (Lipinski definition) is 3. The van der Waals surface area contributed by atoms with Gasteiger partial charge in [0.2, 0.25) is 5.91 Å². The van der Waals surface area contributed by atoms with Gasteiger partial charge >= 0.3 is 6.18 Å². The number of amides is 1. The van der Waals surface area contributed by atoms with Gasteiger partial charge in [-0.2, -0.15) is 13.2 Å². The van der Waals surface area contributed by atoms with Gasteiger partial charge in [0.1, 0.15) is 11.5 Å². The summed E-state index contributed by atoms with van der Waals surface area (Å²) in [7, 11) is 3.13. The summed E-state index contributed by atoms with van der Waals surface area (Å²) >= 11 is 0. The van der Waals surface area contributed by atoms with Gasteiger partial charge < -0.3 is 14.8 Å². The van der Waals surface area contributed by atoms with E-state index in [1.54, 1.807) is 38.5 Å². The van der Waals surface area contributed by atoms with Crippen molar-refractivity contribution in [2.75, 3.05) is 14.2 Å². The van der Waals surface area contributed by atoms with Crippen LogP contribution in [0.25, 0.3) is 0 Å². The van der Waals surface area contributed by atoms with E-state index in [9.17, 15) is 18.0 Å². The van der Waals surface area contributed by atoms with E-state index in [1.165, 1.54) is 0 Å². The molecule has 2 atom stereocenters. The molecule has 1 amide bonds. The molecule has 0 radical (unpaired) electrons. The molecule has 162 valence electrons. The van der Waals surface area contributed by atoms with Crippen LogP contribution >= 0.6 is 0 Å². The zero-order valence-electron chi connectivity index (χ0n) is 17.0. The number of carbonyl (C=O) groups excluding carboxylic acids is 1. The predicted molar refractivity (Wildman–Crippen MR) is 107 cm³/mol. The molecule has 3 rings (SSSR count). The van der Waals surface area contributed by atoms with E-state index in [-0.39, 0.29) is 18.7 Å². The van der Waals surface area contributed by atoms with Gasteiger partial charge in [0.05, 0.1) is 26.2 Å². The number of hydrogen-bond donors (Lipinski definition) is 1. The van der Waals surface area contributed by atoms with E-state index in [2.05, 4.69) is 5.32 Å². The standard InChI is InChI=1S/C23H26F3NO3/c1-29-19-10-6-15(7-11-19)21(16-8-12-20(30-2)13-9-16)27-22(28)17-4-3-5-18(14-17)23(24,25)26/h6-13,17-18,21H,3-5,14H2,1-2H3,(H,27,28). The highest BCUT2D eigenvalue weighted by molar-refractivity contribution is 5.79. The molecule has 0 bridgehead atoms. The highest BCUT2D eigenvalue weighted by Gasteiger charge is 2.43. The maximum Gasteiger partial charge on any atom is 0.391 e. The molecule has 30 heavy (non-hydrogen) atoms. The van der Waals surface area contributed by atoms with Gasteiger partial charge in [-0.05, 0) is 54.7 Å². The predicted octanol–water partition coefficient (Wildman–Crippen LogP) is 5.28. The van der Waals surface area contributed by atoms with Gasteiger partial charge in [-0.15, -0.1) is 0 Å². The van der Waals surface area contributed by atoms with Crippen molar-refractivity contribution in [1.29, 1.82) is 0 Å². The Kier molecular flexibility index (Phi) is 6.90. The number of benzene rings is 2. The Bertz CT molecular complexity index is 787. The van der Waals surface area contributed by atoms with Crippen LogP contribution in [-0.2, 0) is 4.79 Å². The summed E-state index contributed by atoms with van der Waals surface area (Å²) in [6.07, 6.45) is -3.46. The third kappa shape index (κ3) is 5.26. The summed E-state index contributed by atoms with van der Waals surface area (Å²) in [5.41, 5.74) is 1.63. The van der Waals surface area contributed by atoms with Crippen molar-refractivity contribution in [2.45, 2.75) is 37.9 Å². The van der Waals surface area contributed by atoms with Gasteiger partial charge in [0.25, 0.3) is 0 Å². The van der Waals surface area contributed by atoms with Gasteiger partial charge in [-0.3, -0.25) is 4.79 Å². The Morgan fingerprint density at radius 1 is 0.933 bits per heavy atom. The fraction of sp³-hybridized carbons (Fsp3) is 0.435. The third-order valence-electron chi connectivity index (χ3n) is 5.69. The largest absolute Gasteiger partial charge is 0.497 e. The fourth-order valence-electron chi connectivity index (χ4n) is 3.94.